The lowest BCUT2D eigenvalue weighted by molar-refractivity contribution is -0.149. The lowest BCUT2D eigenvalue weighted by Crippen LogP contribution is -2.44. The molecule has 1 fully saturated rings. The molecule has 1 saturated heterocycles. The maximum atomic E-state index is 12.6. The summed E-state index contributed by atoms with van der Waals surface area (Å²) in [6.45, 7) is 3.24. The number of rotatable bonds is 3. The normalized spacial score (nSPS) is 18.2. The smallest absolute Gasteiger partial charge is 0.416 e. The molecule has 0 spiro atoms. The van der Waals surface area contributed by atoms with E-state index in [0.717, 1.165) is 25.0 Å². The molecule has 1 aliphatic heterocycles. The Morgan fingerprint density at radius 3 is 2.62 bits per heavy atom. The first-order valence-corrected chi connectivity index (χ1v) is 8.12. The topological polar surface area (TPSA) is 41.6 Å². The van der Waals surface area contributed by atoms with Gasteiger partial charge in [-0.1, -0.05) is 0 Å². The van der Waals surface area contributed by atoms with Crippen molar-refractivity contribution >= 4 is 29.0 Å². The van der Waals surface area contributed by atoms with Gasteiger partial charge in [-0.3, -0.25) is 4.79 Å². The summed E-state index contributed by atoms with van der Waals surface area (Å²) in [4.78, 5) is 13.7. The van der Waals surface area contributed by atoms with Gasteiger partial charge in [0, 0.05) is 18.8 Å². The number of carbonyl (C=O) groups is 1. The van der Waals surface area contributed by atoms with Crippen LogP contribution in [0.15, 0.2) is 24.3 Å². The molecule has 1 heterocycles. The maximum Gasteiger partial charge on any atom is 0.416 e. The van der Waals surface area contributed by atoms with Crippen molar-refractivity contribution in [3.8, 4) is 0 Å². The molecular weight excluding hydrogens is 341 g/mol. The van der Waals surface area contributed by atoms with Crippen LogP contribution in [0.1, 0.15) is 25.3 Å². The summed E-state index contributed by atoms with van der Waals surface area (Å²) >= 11 is 5.31. The monoisotopic (exact) mass is 360 g/mol. The Bertz CT molecular complexity index is 590. The van der Waals surface area contributed by atoms with Gasteiger partial charge >= 0.3 is 12.1 Å². The van der Waals surface area contributed by atoms with Gasteiger partial charge in [-0.2, -0.15) is 13.2 Å². The number of alkyl halides is 3. The molecule has 1 aliphatic rings. The third-order valence-corrected chi connectivity index (χ3v) is 4.15. The molecule has 1 aromatic rings. The first-order chi connectivity index (χ1) is 11.3. The highest BCUT2D eigenvalue weighted by molar-refractivity contribution is 7.80. The SMILES string of the molecule is CCOC(=O)C1CCCN(C(=S)Nc2ccc(C(F)(F)F)cc2)C1. The second-order valence-electron chi connectivity index (χ2n) is 5.54. The predicted octanol–water partition coefficient (Wildman–Crippen LogP) is 3.68. The molecule has 0 saturated carbocycles. The number of esters is 1. The van der Waals surface area contributed by atoms with E-state index in [9.17, 15) is 18.0 Å². The van der Waals surface area contributed by atoms with Crippen molar-refractivity contribution in [1.29, 1.82) is 0 Å². The van der Waals surface area contributed by atoms with Gasteiger partial charge in [-0.25, -0.2) is 0 Å². The molecule has 0 radical (unpaired) electrons. The molecule has 1 unspecified atom stereocenters. The highest BCUT2D eigenvalue weighted by Gasteiger charge is 2.30. The molecule has 0 amide bonds. The van der Waals surface area contributed by atoms with Crippen molar-refractivity contribution in [3.63, 3.8) is 0 Å². The molecule has 1 atom stereocenters. The molecule has 2 rings (SSSR count). The third kappa shape index (κ3) is 4.83. The lowest BCUT2D eigenvalue weighted by Gasteiger charge is -2.33. The van der Waals surface area contributed by atoms with Crippen LogP contribution in [0.5, 0.6) is 0 Å². The average molecular weight is 360 g/mol. The number of halogens is 3. The second kappa shape index (κ2) is 7.83. The number of carbonyl (C=O) groups excluding carboxylic acids is 1. The van der Waals surface area contributed by atoms with E-state index in [1.54, 1.807) is 6.92 Å². The summed E-state index contributed by atoms with van der Waals surface area (Å²) in [5, 5.41) is 3.31. The van der Waals surface area contributed by atoms with Crippen LogP contribution in [0.2, 0.25) is 0 Å². The van der Waals surface area contributed by atoms with Crippen LogP contribution in [0.4, 0.5) is 18.9 Å². The minimum absolute atomic E-state index is 0.231. The van der Waals surface area contributed by atoms with Crippen molar-refractivity contribution in [2.75, 3.05) is 25.0 Å². The van der Waals surface area contributed by atoms with E-state index >= 15 is 0 Å². The highest BCUT2D eigenvalue weighted by Crippen LogP contribution is 2.30. The van der Waals surface area contributed by atoms with Gasteiger partial charge in [0.05, 0.1) is 18.1 Å². The molecule has 0 aromatic heterocycles. The van der Waals surface area contributed by atoms with Gasteiger partial charge in [-0.15, -0.1) is 0 Å². The molecule has 132 valence electrons. The quantitative estimate of drug-likeness (QED) is 0.658. The van der Waals surface area contributed by atoms with E-state index in [1.807, 2.05) is 4.90 Å². The van der Waals surface area contributed by atoms with Crippen molar-refractivity contribution < 1.29 is 22.7 Å². The van der Waals surface area contributed by atoms with Gasteiger partial charge in [-0.05, 0) is 56.2 Å². The Kier molecular flexibility index (Phi) is 6.04. The number of nitrogens with zero attached hydrogens (tertiary/aromatic N) is 1. The third-order valence-electron chi connectivity index (χ3n) is 3.79. The van der Waals surface area contributed by atoms with Gasteiger partial charge in [0.1, 0.15) is 0 Å². The predicted molar refractivity (Wildman–Crippen MR) is 88.6 cm³/mol. The lowest BCUT2D eigenvalue weighted by atomic mass is 9.98. The van der Waals surface area contributed by atoms with Gasteiger partial charge < -0.3 is 15.0 Å². The van der Waals surface area contributed by atoms with Crippen LogP contribution in [0, 0.1) is 5.92 Å². The van der Waals surface area contributed by atoms with E-state index in [-0.39, 0.29) is 11.9 Å². The Morgan fingerprint density at radius 2 is 2.04 bits per heavy atom. The Hall–Kier alpha value is -1.83. The molecule has 1 aromatic carbocycles. The van der Waals surface area contributed by atoms with Crippen LogP contribution < -0.4 is 5.32 Å². The number of piperidine rings is 1. The van der Waals surface area contributed by atoms with Crippen molar-refractivity contribution in [3.05, 3.63) is 29.8 Å². The molecule has 8 heteroatoms. The molecule has 4 nitrogen and oxygen atoms in total. The standard InChI is InChI=1S/C16H19F3N2O2S/c1-2-23-14(22)11-4-3-9-21(10-11)15(24)20-13-7-5-12(6-8-13)16(17,18)19/h5-8,11H,2-4,9-10H2,1H3,(H,20,24). The largest absolute Gasteiger partial charge is 0.466 e. The molecular formula is C16H19F3N2O2S. The number of ether oxygens (including phenoxy) is 1. The van der Waals surface area contributed by atoms with Crippen molar-refractivity contribution in [1.82, 2.24) is 4.90 Å². The maximum absolute atomic E-state index is 12.6. The summed E-state index contributed by atoms with van der Waals surface area (Å²) in [5.74, 6) is -0.467. The van der Waals surface area contributed by atoms with E-state index in [2.05, 4.69) is 5.32 Å². The number of thiocarbonyl (C=S) groups is 1. The summed E-state index contributed by atoms with van der Waals surface area (Å²) < 4.78 is 42.7. The fourth-order valence-electron chi connectivity index (χ4n) is 2.56. The minimum Gasteiger partial charge on any atom is -0.466 e. The zero-order valence-electron chi connectivity index (χ0n) is 13.2. The zero-order valence-corrected chi connectivity index (χ0v) is 14.0. The summed E-state index contributed by atoms with van der Waals surface area (Å²) in [7, 11) is 0. The van der Waals surface area contributed by atoms with Crippen molar-refractivity contribution in [2.45, 2.75) is 25.9 Å². The molecule has 0 aliphatic carbocycles. The van der Waals surface area contributed by atoms with Crippen LogP contribution >= 0.6 is 12.2 Å². The van der Waals surface area contributed by atoms with Crippen molar-refractivity contribution in [2.24, 2.45) is 5.92 Å². The summed E-state index contributed by atoms with van der Waals surface area (Å²) in [6, 6.07) is 4.68. The molecule has 1 N–H and O–H groups in total. The molecule has 24 heavy (non-hydrogen) atoms. The fourth-order valence-corrected chi connectivity index (χ4v) is 2.84. The Morgan fingerprint density at radius 1 is 1.38 bits per heavy atom. The number of hydrogen-bond acceptors (Lipinski definition) is 3. The first-order valence-electron chi connectivity index (χ1n) is 7.71. The highest BCUT2D eigenvalue weighted by atomic mass is 32.1. The summed E-state index contributed by atoms with van der Waals surface area (Å²) in [6.07, 6.45) is -2.81. The number of nitrogens with one attached hydrogen (secondary N) is 1. The number of benzene rings is 1. The molecule has 0 bridgehead atoms. The number of hydrogen-bond donors (Lipinski definition) is 1. The zero-order chi connectivity index (χ0) is 17.7. The Balaban J connectivity index is 1.95. The second-order valence-corrected chi connectivity index (χ2v) is 5.93. The van der Waals surface area contributed by atoms with Gasteiger partial charge in [0.15, 0.2) is 5.11 Å². The Labute approximate surface area is 144 Å². The average Bonchev–Trinajstić information content (AvgIpc) is 2.55. The van der Waals surface area contributed by atoms with E-state index in [0.29, 0.717) is 30.5 Å². The van der Waals surface area contributed by atoms with Crippen LogP contribution in [-0.2, 0) is 15.7 Å². The van der Waals surface area contributed by atoms with Gasteiger partial charge in [0.2, 0.25) is 0 Å². The number of anilines is 1. The summed E-state index contributed by atoms with van der Waals surface area (Å²) in [5.41, 5.74) is -0.231. The number of likely N-dealkylation sites (tertiary alicyclic amines) is 1. The van der Waals surface area contributed by atoms with Crippen LogP contribution in [-0.4, -0.2) is 35.7 Å². The fraction of sp³-hybridized carbons (Fsp3) is 0.500. The van der Waals surface area contributed by atoms with E-state index in [1.165, 1.54) is 12.1 Å². The van der Waals surface area contributed by atoms with Crippen LogP contribution in [0.3, 0.4) is 0 Å². The van der Waals surface area contributed by atoms with Crippen LogP contribution in [0.25, 0.3) is 0 Å². The van der Waals surface area contributed by atoms with Gasteiger partial charge in [0.25, 0.3) is 0 Å². The first kappa shape index (κ1) is 18.5. The van der Waals surface area contributed by atoms with E-state index in [4.69, 9.17) is 17.0 Å². The minimum atomic E-state index is -4.36. The van der Waals surface area contributed by atoms with E-state index < -0.39 is 11.7 Å².